The first-order valence-corrected chi connectivity index (χ1v) is 7.17. The molecule has 1 amide bonds. The van der Waals surface area contributed by atoms with Gasteiger partial charge in [0.05, 0.1) is 6.54 Å². The summed E-state index contributed by atoms with van der Waals surface area (Å²) in [7, 11) is 0. The number of carbonyl (C=O) groups excluding carboxylic acids is 1. The van der Waals surface area contributed by atoms with Crippen molar-refractivity contribution in [3.05, 3.63) is 53.1 Å². The Morgan fingerprint density at radius 2 is 1.91 bits per heavy atom. The first-order valence-electron chi connectivity index (χ1n) is 6.79. The number of halogens is 3. The van der Waals surface area contributed by atoms with E-state index < -0.39 is 6.61 Å². The summed E-state index contributed by atoms with van der Waals surface area (Å²) in [5.74, 6) is -0.187. The highest BCUT2D eigenvalue weighted by Gasteiger charge is 2.07. The molecule has 2 N–H and O–H groups in total. The summed E-state index contributed by atoms with van der Waals surface area (Å²) in [6.07, 6.45) is 0. The average Bonchev–Trinajstić information content (AvgIpc) is 2.51. The minimum absolute atomic E-state index is 0.0288. The van der Waals surface area contributed by atoms with Gasteiger partial charge in [-0.25, -0.2) is 0 Å². The van der Waals surface area contributed by atoms with E-state index in [-0.39, 0.29) is 18.2 Å². The molecule has 0 aliphatic carbocycles. The van der Waals surface area contributed by atoms with Crippen LogP contribution in [0.5, 0.6) is 5.75 Å². The molecule has 0 spiro atoms. The van der Waals surface area contributed by atoms with Gasteiger partial charge in [-0.3, -0.25) is 4.79 Å². The number of hydrogen-bond acceptors (Lipinski definition) is 3. The fourth-order valence-electron chi connectivity index (χ4n) is 1.87. The van der Waals surface area contributed by atoms with Crippen molar-refractivity contribution in [1.82, 2.24) is 0 Å². The van der Waals surface area contributed by atoms with Crippen LogP contribution >= 0.6 is 11.6 Å². The largest absolute Gasteiger partial charge is 0.435 e. The minimum atomic E-state index is -2.86. The highest BCUT2D eigenvalue weighted by Crippen LogP contribution is 2.23. The lowest BCUT2D eigenvalue weighted by molar-refractivity contribution is -0.114. The van der Waals surface area contributed by atoms with Gasteiger partial charge < -0.3 is 15.4 Å². The van der Waals surface area contributed by atoms with E-state index in [2.05, 4.69) is 15.4 Å². The number of hydrogen-bond donors (Lipinski definition) is 2. The third-order valence-corrected chi connectivity index (χ3v) is 3.48. The molecule has 0 fully saturated rings. The Morgan fingerprint density at radius 3 is 2.57 bits per heavy atom. The van der Waals surface area contributed by atoms with Gasteiger partial charge in [0.15, 0.2) is 0 Å². The summed E-state index contributed by atoms with van der Waals surface area (Å²) < 4.78 is 28.3. The summed E-state index contributed by atoms with van der Waals surface area (Å²) in [5.41, 5.74) is 2.05. The van der Waals surface area contributed by atoms with Crippen LogP contribution in [0.25, 0.3) is 0 Å². The maximum absolute atomic E-state index is 12.0. The predicted molar refractivity (Wildman–Crippen MR) is 86.4 cm³/mol. The fourth-order valence-corrected chi connectivity index (χ4v) is 2.05. The summed E-state index contributed by atoms with van der Waals surface area (Å²) >= 11 is 5.99. The molecule has 0 aliphatic heterocycles. The van der Waals surface area contributed by atoms with Crippen molar-refractivity contribution in [2.45, 2.75) is 13.5 Å². The average molecular weight is 341 g/mol. The molecule has 0 unspecified atom stereocenters. The van der Waals surface area contributed by atoms with E-state index in [0.717, 1.165) is 5.56 Å². The van der Waals surface area contributed by atoms with E-state index in [9.17, 15) is 13.6 Å². The Kier molecular flexibility index (Phi) is 5.76. The fraction of sp³-hybridized carbons (Fsp3) is 0.188. The van der Waals surface area contributed by atoms with Crippen LogP contribution in [-0.4, -0.2) is 19.1 Å². The van der Waals surface area contributed by atoms with E-state index in [1.165, 1.54) is 12.1 Å². The van der Waals surface area contributed by atoms with Crippen molar-refractivity contribution in [1.29, 1.82) is 0 Å². The number of amides is 1. The molecule has 0 aromatic heterocycles. The molecule has 0 radical (unpaired) electrons. The van der Waals surface area contributed by atoms with Crippen molar-refractivity contribution < 1.29 is 18.3 Å². The SMILES string of the molecule is Cc1c(Cl)cccc1NC(=O)CNc1ccc(OC(F)F)cc1. The molecule has 0 atom stereocenters. The van der Waals surface area contributed by atoms with Crippen LogP contribution in [0.15, 0.2) is 42.5 Å². The van der Waals surface area contributed by atoms with Gasteiger partial charge in [0.25, 0.3) is 0 Å². The number of ether oxygens (including phenoxy) is 1. The summed E-state index contributed by atoms with van der Waals surface area (Å²) in [4.78, 5) is 11.9. The van der Waals surface area contributed by atoms with Crippen molar-refractivity contribution >= 4 is 28.9 Å². The molecule has 0 bridgehead atoms. The normalized spacial score (nSPS) is 10.5. The molecule has 2 rings (SSSR count). The molecule has 0 saturated carbocycles. The van der Waals surface area contributed by atoms with Gasteiger partial charge in [0.1, 0.15) is 5.75 Å². The second-order valence-corrected chi connectivity index (χ2v) is 5.12. The smallest absolute Gasteiger partial charge is 0.387 e. The molecule has 4 nitrogen and oxygen atoms in total. The zero-order valence-electron chi connectivity index (χ0n) is 12.3. The van der Waals surface area contributed by atoms with Gasteiger partial charge in [0, 0.05) is 16.4 Å². The van der Waals surface area contributed by atoms with Crippen LogP contribution in [0.3, 0.4) is 0 Å². The lowest BCUT2D eigenvalue weighted by atomic mass is 10.2. The van der Waals surface area contributed by atoms with E-state index in [0.29, 0.717) is 16.4 Å². The molecule has 23 heavy (non-hydrogen) atoms. The minimum Gasteiger partial charge on any atom is -0.435 e. The summed E-state index contributed by atoms with van der Waals surface area (Å²) in [6.45, 7) is -1.02. The van der Waals surface area contributed by atoms with Gasteiger partial charge in [-0.15, -0.1) is 0 Å². The maximum atomic E-state index is 12.0. The van der Waals surface area contributed by atoms with Gasteiger partial charge in [0.2, 0.25) is 5.91 Å². The zero-order valence-corrected chi connectivity index (χ0v) is 13.0. The van der Waals surface area contributed by atoms with Crippen molar-refractivity contribution in [3.63, 3.8) is 0 Å². The summed E-state index contributed by atoms with van der Waals surface area (Å²) in [6, 6.07) is 11.1. The van der Waals surface area contributed by atoms with Crippen molar-refractivity contribution in [2.24, 2.45) is 0 Å². The molecular formula is C16H15ClF2N2O2. The van der Waals surface area contributed by atoms with E-state index in [1.807, 2.05) is 6.92 Å². The number of benzene rings is 2. The Balaban J connectivity index is 1.88. The van der Waals surface area contributed by atoms with Gasteiger partial charge in [-0.1, -0.05) is 17.7 Å². The summed E-state index contributed by atoms with van der Waals surface area (Å²) in [5, 5.41) is 6.21. The van der Waals surface area contributed by atoms with Crippen LogP contribution in [0.2, 0.25) is 5.02 Å². The zero-order chi connectivity index (χ0) is 16.8. The van der Waals surface area contributed by atoms with Crippen LogP contribution in [-0.2, 0) is 4.79 Å². The number of anilines is 2. The van der Waals surface area contributed by atoms with Crippen LogP contribution in [0, 0.1) is 6.92 Å². The van der Waals surface area contributed by atoms with Gasteiger partial charge in [-0.05, 0) is 48.9 Å². The van der Waals surface area contributed by atoms with E-state index in [4.69, 9.17) is 11.6 Å². The monoisotopic (exact) mass is 340 g/mol. The highest BCUT2D eigenvalue weighted by atomic mass is 35.5. The van der Waals surface area contributed by atoms with Crippen LogP contribution in [0.1, 0.15) is 5.56 Å². The third kappa shape index (κ3) is 5.10. The molecule has 122 valence electrons. The molecule has 2 aromatic carbocycles. The van der Waals surface area contributed by atoms with Gasteiger partial charge >= 0.3 is 6.61 Å². The number of nitrogens with one attached hydrogen (secondary N) is 2. The molecule has 0 heterocycles. The Labute approximate surface area is 137 Å². The molecule has 2 aromatic rings. The van der Waals surface area contributed by atoms with Crippen molar-refractivity contribution in [2.75, 3.05) is 17.2 Å². The maximum Gasteiger partial charge on any atom is 0.387 e. The molecular weight excluding hydrogens is 326 g/mol. The van der Waals surface area contributed by atoms with Crippen molar-refractivity contribution in [3.8, 4) is 5.75 Å². The Hall–Kier alpha value is -2.34. The molecule has 0 aliphatic rings. The second-order valence-electron chi connectivity index (χ2n) is 4.72. The van der Waals surface area contributed by atoms with E-state index in [1.54, 1.807) is 30.3 Å². The lowest BCUT2D eigenvalue weighted by Gasteiger charge is -2.11. The number of rotatable bonds is 6. The molecule has 7 heteroatoms. The first kappa shape index (κ1) is 17.0. The molecule has 0 saturated heterocycles. The Morgan fingerprint density at radius 1 is 1.22 bits per heavy atom. The predicted octanol–water partition coefficient (Wildman–Crippen LogP) is 4.30. The first-order chi connectivity index (χ1) is 11.0. The second kappa shape index (κ2) is 7.78. The highest BCUT2D eigenvalue weighted by molar-refractivity contribution is 6.31. The van der Waals surface area contributed by atoms with E-state index >= 15 is 0 Å². The third-order valence-electron chi connectivity index (χ3n) is 3.07. The number of alkyl halides is 2. The van der Waals surface area contributed by atoms with Gasteiger partial charge in [-0.2, -0.15) is 8.78 Å². The topological polar surface area (TPSA) is 50.4 Å². The number of carbonyl (C=O) groups is 1. The quantitative estimate of drug-likeness (QED) is 0.824. The standard InChI is InChI=1S/C16H15ClF2N2O2/c1-10-13(17)3-2-4-14(10)21-15(22)9-20-11-5-7-12(8-6-11)23-16(18)19/h2-8,16,20H,9H2,1H3,(H,21,22). The Bertz CT molecular complexity index is 678. The lowest BCUT2D eigenvalue weighted by Crippen LogP contribution is -2.22. The van der Waals surface area contributed by atoms with Crippen LogP contribution in [0.4, 0.5) is 20.2 Å². The van der Waals surface area contributed by atoms with Crippen LogP contribution < -0.4 is 15.4 Å².